The lowest BCUT2D eigenvalue weighted by Gasteiger charge is -2.42. The van der Waals surface area contributed by atoms with Gasteiger partial charge >= 0.3 is 0 Å². The third-order valence-corrected chi connectivity index (χ3v) is 10.5. The van der Waals surface area contributed by atoms with E-state index >= 15 is 0 Å². The van der Waals surface area contributed by atoms with E-state index in [1.54, 1.807) is 25.3 Å². The van der Waals surface area contributed by atoms with Crippen LogP contribution < -0.4 is 34.0 Å². The Morgan fingerprint density at radius 2 is 1.74 bits per heavy atom. The van der Waals surface area contributed by atoms with E-state index in [4.69, 9.17) is 25.8 Å². The largest absolute Gasteiger partial charge is 0.494 e. The van der Waals surface area contributed by atoms with Gasteiger partial charge in [0, 0.05) is 77.0 Å². The second-order valence-electron chi connectivity index (χ2n) is 12.2. The molecule has 47 heavy (non-hydrogen) atoms. The van der Waals surface area contributed by atoms with E-state index < -0.39 is 10.0 Å². The fraction of sp³-hybridized carbons (Fsp3) is 0.500. The van der Waals surface area contributed by atoms with Crippen molar-refractivity contribution < 1.29 is 22.6 Å². The molecule has 2 aromatic carbocycles. The molecule has 0 radical (unpaired) electrons. The van der Waals surface area contributed by atoms with Crippen LogP contribution in [0.2, 0.25) is 5.02 Å². The Balaban J connectivity index is 1.29. The summed E-state index contributed by atoms with van der Waals surface area (Å²) < 4.78 is 44.5. The van der Waals surface area contributed by atoms with Crippen LogP contribution in [0, 0.1) is 0 Å². The Labute approximate surface area is 281 Å². The van der Waals surface area contributed by atoms with Gasteiger partial charge in [0.25, 0.3) is 0 Å². The first-order chi connectivity index (χ1) is 22.6. The van der Waals surface area contributed by atoms with Gasteiger partial charge in [-0.2, -0.15) is 4.98 Å². The molecule has 13 nitrogen and oxygen atoms in total. The first kappa shape index (κ1) is 33.2. The van der Waals surface area contributed by atoms with Crippen LogP contribution in [0.4, 0.5) is 34.5 Å². The van der Waals surface area contributed by atoms with Gasteiger partial charge in [0.2, 0.25) is 16.0 Å². The number of anilines is 6. The fourth-order valence-electron chi connectivity index (χ4n) is 6.18. The molecule has 254 valence electrons. The molecule has 2 fully saturated rings. The molecule has 0 amide bonds. The topological polar surface area (TPSA) is 125 Å². The van der Waals surface area contributed by atoms with Gasteiger partial charge < -0.3 is 34.6 Å². The van der Waals surface area contributed by atoms with Crippen molar-refractivity contribution in [1.82, 2.24) is 19.8 Å². The van der Waals surface area contributed by atoms with E-state index in [0.717, 1.165) is 69.8 Å². The molecular formula is C32H43ClN8O5S. The van der Waals surface area contributed by atoms with Gasteiger partial charge in [-0.1, -0.05) is 11.6 Å². The minimum Gasteiger partial charge on any atom is -0.494 e. The average molecular weight is 687 g/mol. The molecule has 6 bridgehead atoms. The number of aromatic nitrogens is 2. The van der Waals surface area contributed by atoms with Gasteiger partial charge in [-0.05, 0) is 32.0 Å². The number of nitrogens with one attached hydrogen (secondary N) is 2. The summed E-state index contributed by atoms with van der Waals surface area (Å²) in [5.74, 6) is 2.43. The number of benzene rings is 2. The number of piperazine rings is 1. The second-order valence-corrected chi connectivity index (χ2v) is 14.6. The summed E-state index contributed by atoms with van der Waals surface area (Å²) in [6, 6.07) is 9.71. The Bertz CT molecular complexity index is 1680. The number of piperidine rings is 1. The van der Waals surface area contributed by atoms with Crippen molar-refractivity contribution in [2.24, 2.45) is 0 Å². The summed E-state index contributed by atoms with van der Waals surface area (Å²) >= 11 is 6.51. The fourth-order valence-corrected chi connectivity index (χ4v) is 6.82. The molecule has 3 aromatic rings. The smallest absolute Gasteiger partial charge is 0.232 e. The van der Waals surface area contributed by atoms with Gasteiger partial charge in [0.15, 0.2) is 5.82 Å². The minimum atomic E-state index is -3.58. The number of ether oxygens (including phenoxy) is 3. The van der Waals surface area contributed by atoms with Crippen molar-refractivity contribution in [2.45, 2.75) is 25.3 Å². The number of sulfonamides is 1. The SMILES string of the molecule is COc1cc(N2CCC(N3CCN(C)CC3)CC2)c2cc1Nc1ncc(Cl)c(n1)Nc1ccc(cc1N(C)S(C)(=O)=O)OCCCO2. The van der Waals surface area contributed by atoms with Crippen LogP contribution in [0.1, 0.15) is 19.3 Å². The summed E-state index contributed by atoms with van der Waals surface area (Å²) in [6.45, 7) is 7.10. The predicted octanol–water partition coefficient (Wildman–Crippen LogP) is 4.40. The molecule has 2 saturated heterocycles. The van der Waals surface area contributed by atoms with Crippen molar-refractivity contribution in [3.05, 3.63) is 41.6 Å². The predicted molar refractivity (Wildman–Crippen MR) is 186 cm³/mol. The van der Waals surface area contributed by atoms with Gasteiger partial charge in [-0.15, -0.1) is 0 Å². The lowest BCUT2D eigenvalue weighted by atomic mass is 10.0. The summed E-state index contributed by atoms with van der Waals surface area (Å²) in [7, 11) is 1.73. The van der Waals surface area contributed by atoms with Gasteiger partial charge in [-0.3, -0.25) is 9.21 Å². The summed E-state index contributed by atoms with van der Waals surface area (Å²) in [4.78, 5) is 16.4. The lowest BCUT2D eigenvalue weighted by molar-refractivity contribution is 0.0981. The zero-order chi connectivity index (χ0) is 33.1. The zero-order valence-corrected chi connectivity index (χ0v) is 28.9. The maximum Gasteiger partial charge on any atom is 0.232 e. The lowest BCUT2D eigenvalue weighted by Crippen LogP contribution is -2.52. The van der Waals surface area contributed by atoms with E-state index in [9.17, 15) is 8.42 Å². The Morgan fingerprint density at radius 1 is 1.00 bits per heavy atom. The summed E-state index contributed by atoms with van der Waals surface area (Å²) in [6.07, 6.45) is 5.40. The van der Waals surface area contributed by atoms with Gasteiger partial charge in [-0.25, -0.2) is 13.4 Å². The van der Waals surface area contributed by atoms with Crippen LogP contribution in [-0.2, 0) is 10.0 Å². The molecule has 0 aliphatic carbocycles. The maximum atomic E-state index is 12.5. The summed E-state index contributed by atoms with van der Waals surface area (Å²) in [5, 5.41) is 6.72. The van der Waals surface area contributed by atoms with E-state index in [1.807, 2.05) is 12.1 Å². The van der Waals surface area contributed by atoms with E-state index in [2.05, 4.69) is 42.3 Å². The molecule has 2 N–H and O–H groups in total. The normalized spacial score (nSPS) is 18.4. The third kappa shape index (κ3) is 7.72. The van der Waals surface area contributed by atoms with E-state index in [-0.39, 0.29) is 11.0 Å². The number of rotatable bonds is 5. The van der Waals surface area contributed by atoms with Crippen LogP contribution in [0.25, 0.3) is 0 Å². The number of hydrogen-bond acceptors (Lipinski definition) is 12. The van der Waals surface area contributed by atoms with Crippen molar-refractivity contribution in [2.75, 3.05) is 99.8 Å². The number of hydrogen-bond donors (Lipinski definition) is 2. The molecule has 4 aliphatic heterocycles. The van der Waals surface area contributed by atoms with Crippen molar-refractivity contribution >= 4 is 56.1 Å². The summed E-state index contributed by atoms with van der Waals surface area (Å²) in [5.41, 5.74) is 2.47. The third-order valence-electron chi connectivity index (χ3n) is 9.01. The zero-order valence-electron chi connectivity index (χ0n) is 27.3. The molecule has 0 spiro atoms. The molecule has 0 atom stereocenters. The van der Waals surface area contributed by atoms with Crippen LogP contribution in [0.3, 0.4) is 0 Å². The Hall–Kier alpha value is -3.72. The van der Waals surface area contributed by atoms with Crippen molar-refractivity contribution in [3.63, 3.8) is 0 Å². The highest BCUT2D eigenvalue weighted by Crippen LogP contribution is 2.42. The Kier molecular flexibility index (Phi) is 10.0. The first-order valence-corrected chi connectivity index (χ1v) is 18.1. The molecule has 15 heteroatoms. The van der Waals surface area contributed by atoms with Crippen LogP contribution in [0.5, 0.6) is 17.2 Å². The number of fused-ring (bicyclic) bond motifs is 6. The van der Waals surface area contributed by atoms with Gasteiger partial charge in [0.1, 0.15) is 22.3 Å². The Morgan fingerprint density at radius 3 is 2.47 bits per heavy atom. The molecule has 5 heterocycles. The monoisotopic (exact) mass is 686 g/mol. The maximum absolute atomic E-state index is 12.5. The quantitative estimate of drug-likeness (QED) is 0.395. The van der Waals surface area contributed by atoms with Crippen LogP contribution in [0.15, 0.2) is 36.5 Å². The minimum absolute atomic E-state index is 0.257. The standard InChI is InChI=1S/C32H43ClN8O5S/c1-38-12-14-40(15-13-38)22-8-10-41(11-9-22)28-20-29(44-3)26-19-30(28)46-17-5-16-45-23-6-7-25(27(18-23)39(2)47(4,42)43)35-31-24(33)21-34-32(36-26)37-31/h6-7,18-22H,5,8-17H2,1-4H3,(H2,34,35,36,37). The van der Waals surface area contributed by atoms with E-state index in [1.165, 1.54) is 17.5 Å². The number of methoxy groups -OCH3 is 1. The second kappa shape index (κ2) is 14.2. The number of halogens is 1. The highest BCUT2D eigenvalue weighted by molar-refractivity contribution is 7.92. The highest BCUT2D eigenvalue weighted by Gasteiger charge is 2.29. The van der Waals surface area contributed by atoms with Gasteiger partial charge in [0.05, 0.1) is 55.5 Å². The molecule has 7 rings (SSSR count). The van der Waals surface area contributed by atoms with Crippen molar-refractivity contribution in [1.29, 1.82) is 0 Å². The number of nitrogens with zero attached hydrogens (tertiary/aromatic N) is 6. The molecule has 1 aromatic heterocycles. The molecule has 0 unspecified atom stereocenters. The van der Waals surface area contributed by atoms with Crippen LogP contribution in [-0.4, -0.2) is 114 Å². The van der Waals surface area contributed by atoms with E-state index in [0.29, 0.717) is 60.1 Å². The highest BCUT2D eigenvalue weighted by atomic mass is 35.5. The first-order valence-electron chi connectivity index (χ1n) is 15.9. The van der Waals surface area contributed by atoms with Crippen LogP contribution >= 0.6 is 11.6 Å². The molecular weight excluding hydrogens is 644 g/mol. The average Bonchev–Trinajstić information content (AvgIpc) is 3.06. The van der Waals surface area contributed by atoms with Crippen molar-refractivity contribution in [3.8, 4) is 17.2 Å². The molecule has 0 saturated carbocycles. The number of likely N-dealkylation sites (N-methyl/N-ethyl adjacent to an activating group) is 1. The molecule has 4 aliphatic rings.